The lowest BCUT2D eigenvalue weighted by Crippen LogP contribution is -2.50. The molecule has 7 heteroatoms. The highest BCUT2D eigenvalue weighted by Crippen LogP contribution is 2.00. The summed E-state index contributed by atoms with van der Waals surface area (Å²) >= 11 is 0. The third-order valence-electron chi connectivity index (χ3n) is 2.31. The van der Waals surface area contributed by atoms with Crippen molar-refractivity contribution < 1.29 is 19.8 Å². The predicted octanol–water partition coefficient (Wildman–Crippen LogP) is -1.49. The van der Waals surface area contributed by atoms with Gasteiger partial charge in [-0.05, 0) is 18.1 Å². The lowest BCUT2D eigenvalue weighted by Gasteiger charge is -2.15. The Balaban J connectivity index is 2.54. The minimum Gasteiger partial charge on any atom is -0.480 e. The number of carboxylic acid groups (broad SMARTS) is 1. The zero-order chi connectivity index (χ0) is 13.5. The van der Waals surface area contributed by atoms with Crippen molar-refractivity contribution in [1.29, 1.82) is 0 Å². The van der Waals surface area contributed by atoms with Crippen molar-refractivity contribution in [3.8, 4) is 0 Å². The maximum Gasteiger partial charge on any atom is 0.328 e. The van der Waals surface area contributed by atoms with Crippen LogP contribution < -0.4 is 11.1 Å². The molecule has 0 fully saturated rings. The Morgan fingerprint density at radius 1 is 1.50 bits per heavy atom. The lowest BCUT2D eigenvalue weighted by atomic mass is 10.1. The monoisotopic (exact) mass is 253 g/mol. The minimum atomic E-state index is -1.34. The van der Waals surface area contributed by atoms with Crippen molar-refractivity contribution in [2.24, 2.45) is 5.73 Å². The molecule has 1 heterocycles. The first kappa shape index (κ1) is 14.1. The van der Waals surface area contributed by atoms with Gasteiger partial charge in [0.15, 0.2) is 0 Å². The van der Waals surface area contributed by atoms with Gasteiger partial charge in [-0.3, -0.25) is 9.78 Å². The number of nitrogens with one attached hydrogen (secondary N) is 1. The van der Waals surface area contributed by atoms with Gasteiger partial charge in [-0.1, -0.05) is 6.07 Å². The summed E-state index contributed by atoms with van der Waals surface area (Å²) in [6.45, 7) is -0.680. The zero-order valence-electron chi connectivity index (χ0n) is 9.61. The summed E-state index contributed by atoms with van der Waals surface area (Å²) < 4.78 is 0. The second-order valence-electron chi connectivity index (χ2n) is 3.75. The number of amides is 1. The summed E-state index contributed by atoms with van der Waals surface area (Å²) in [5.41, 5.74) is 6.41. The number of carboxylic acids is 1. The maximum absolute atomic E-state index is 11.6. The largest absolute Gasteiger partial charge is 0.480 e. The maximum atomic E-state index is 11.6. The SMILES string of the molecule is N[C@H](Cc1cccnc1)C(=O)N[C@@H](CO)C(=O)O. The van der Waals surface area contributed by atoms with E-state index < -0.39 is 30.6 Å². The molecule has 1 rings (SSSR count). The van der Waals surface area contributed by atoms with Gasteiger partial charge in [-0.25, -0.2) is 4.79 Å². The fourth-order valence-electron chi connectivity index (χ4n) is 1.33. The Kier molecular flexibility index (Phi) is 5.22. The number of hydrogen-bond donors (Lipinski definition) is 4. The molecule has 2 atom stereocenters. The van der Waals surface area contributed by atoms with Gasteiger partial charge < -0.3 is 21.3 Å². The summed E-state index contributed by atoms with van der Waals surface area (Å²) in [5.74, 6) is -1.93. The molecular weight excluding hydrogens is 238 g/mol. The molecule has 5 N–H and O–H groups in total. The van der Waals surface area contributed by atoms with Gasteiger partial charge in [0.2, 0.25) is 5.91 Å². The molecule has 0 aromatic carbocycles. The van der Waals surface area contributed by atoms with Crippen LogP contribution in [-0.4, -0.2) is 45.8 Å². The molecule has 1 aromatic heterocycles. The summed E-state index contributed by atoms with van der Waals surface area (Å²) in [6, 6.07) is 1.26. The standard InChI is InChI=1S/C11H15N3O4/c12-8(4-7-2-1-3-13-5-7)10(16)14-9(6-15)11(17)18/h1-3,5,8-9,15H,4,6,12H2,(H,14,16)(H,17,18)/t8-,9+/m1/s1. The van der Waals surface area contributed by atoms with Crippen molar-refractivity contribution >= 4 is 11.9 Å². The van der Waals surface area contributed by atoms with Crippen LogP contribution >= 0.6 is 0 Å². The van der Waals surface area contributed by atoms with Gasteiger partial charge in [-0.2, -0.15) is 0 Å². The Morgan fingerprint density at radius 2 is 2.22 bits per heavy atom. The predicted molar refractivity (Wildman–Crippen MR) is 62.6 cm³/mol. The van der Waals surface area contributed by atoms with E-state index in [-0.39, 0.29) is 6.42 Å². The van der Waals surface area contributed by atoms with E-state index in [0.717, 1.165) is 5.56 Å². The molecule has 0 radical (unpaired) electrons. The lowest BCUT2D eigenvalue weighted by molar-refractivity contribution is -0.143. The Bertz CT molecular complexity index is 410. The quantitative estimate of drug-likeness (QED) is 0.489. The molecule has 0 saturated carbocycles. The number of pyridine rings is 1. The number of carbonyl (C=O) groups excluding carboxylic acids is 1. The van der Waals surface area contributed by atoms with Crippen LogP contribution in [0.2, 0.25) is 0 Å². The second kappa shape index (κ2) is 6.67. The number of aliphatic carboxylic acids is 1. The molecule has 0 aliphatic heterocycles. The Labute approximate surface area is 104 Å². The van der Waals surface area contributed by atoms with Crippen LogP contribution in [0.25, 0.3) is 0 Å². The smallest absolute Gasteiger partial charge is 0.328 e. The average molecular weight is 253 g/mol. The van der Waals surface area contributed by atoms with Crippen LogP contribution in [0, 0.1) is 0 Å². The van der Waals surface area contributed by atoms with Gasteiger partial charge >= 0.3 is 5.97 Å². The van der Waals surface area contributed by atoms with Crippen LogP contribution in [0.1, 0.15) is 5.56 Å². The topological polar surface area (TPSA) is 126 Å². The Morgan fingerprint density at radius 3 is 2.72 bits per heavy atom. The van der Waals surface area contributed by atoms with Crippen molar-refractivity contribution in [1.82, 2.24) is 10.3 Å². The molecule has 1 aromatic rings. The van der Waals surface area contributed by atoms with E-state index in [1.54, 1.807) is 24.5 Å². The molecule has 0 spiro atoms. The molecule has 0 aliphatic carbocycles. The second-order valence-corrected chi connectivity index (χ2v) is 3.75. The number of aliphatic hydroxyl groups is 1. The van der Waals surface area contributed by atoms with E-state index in [9.17, 15) is 9.59 Å². The number of hydrogen-bond acceptors (Lipinski definition) is 5. The van der Waals surface area contributed by atoms with Crippen molar-refractivity contribution in [3.63, 3.8) is 0 Å². The van der Waals surface area contributed by atoms with Gasteiger partial charge in [0.1, 0.15) is 6.04 Å². The van der Waals surface area contributed by atoms with Crippen LogP contribution in [0.5, 0.6) is 0 Å². The van der Waals surface area contributed by atoms with E-state index in [1.807, 2.05) is 0 Å². The van der Waals surface area contributed by atoms with E-state index in [4.69, 9.17) is 15.9 Å². The van der Waals surface area contributed by atoms with Crippen LogP contribution in [0.15, 0.2) is 24.5 Å². The van der Waals surface area contributed by atoms with Crippen LogP contribution in [-0.2, 0) is 16.0 Å². The third-order valence-corrected chi connectivity index (χ3v) is 2.31. The summed E-state index contributed by atoms with van der Waals surface area (Å²) in [5, 5.41) is 19.6. The van der Waals surface area contributed by atoms with Gasteiger partial charge in [-0.15, -0.1) is 0 Å². The summed E-state index contributed by atoms with van der Waals surface area (Å²) in [4.78, 5) is 26.1. The number of aliphatic hydroxyl groups excluding tert-OH is 1. The highest BCUT2D eigenvalue weighted by molar-refractivity contribution is 5.87. The molecule has 7 nitrogen and oxygen atoms in total. The average Bonchev–Trinajstić information content (AvgIpc) is 2.36. The zero-order valence-corrected chi connectivity index (χ0v) is 9.61. The van der Waals surface area contributed by atoms with Crippen molar-refractivity contribution in [3.05, 3.63) is 30.1 Å². The van der Waals surface area contributed by atoms with E-state index in [2.05, 4.69) is 10.3 Å². The number of nitrogens with zero attached hydrogens (tertiary/aromatic N) is 1. The van der Waals surface area contributed by atoms with E-state index >= 15 is 0 Å². The van der Waals surface area contributed by atoms with Crippen molar-refractivity contribution in [2.75, 3.05) is 6.61 Å². The molecule has 0 saturated heterocycles. The number of aromatic nitrogens is 1. The molecular formula is C11H15N3O4. The molecule has 98 valence electrons. The Hall–Kier alpha value is -1.99. The molecule has 0 unspecified atom stereocenters. The summed E-state index contributed by atoms with van der Waals surface area (Å²) in [6.07, 6.45) is 3.42. The summed E-state index contributed by atoms with van der Waals surface area (Å²) in [7, 11) is 0. The molecule has 1 amide bonds. The number of carbonyl (C=O) groups is 2. The highest BCUT2D eigenvalue weighted by Gasteiger charge is 2.22. The normalized spacial score (nSPS) is 13.7. The molecule has 0 bridgehead atoms. The van der Waals surface area contributed by atoms with Gasteiger partial charge in [0.25, 0.3) is 0 Å². The fourth-order valence-corrected chi connectivity index (χ4v) is 1.33. The highest BCUT2D eigenvalue weighted by atomic mass is 16.4. The molecule has 0 aliphatic rings. The van der Waals surface area contributed by atoms with E-state index in [1.165, 1.54) is 0 Å². The minimum absolute atomic E-state index is 0.247. The van der Waals surface area contributed by atoms with Gasteiger partial charge in [0, 0.05) is 12.4 Å². The first-order valence-electron chi connectivity index (χ1n) is 5.33. The van der Waals surface area contributed by atoms with Crippen LogP contribution in [0.3, 0.4) is 0 Å². The van der Waals surface area contributed by atoms with E-state index in [0.29, 0.717) is 0 Å². The first-order chi connectivity index (χ1) is 8.54. The van der Waals surface area contributed by atoms with Crippen LogP contribution in [0.4, 0.5) is 0 Å². The van der Waals surface area contributed by atoms with Crippen molar-refractivity contribution in [2.45, 2.75) is 18.5 Å². The third kappa shape index (κ3) is 4.11. The number of nitrogens with two attached hydrogens (primary N) is 1. The molecule has 18 heavy (non-hydrogen) atoms. The fraction of sp³-hybridized carbons (Fsp3) is 0.364. The first-order valence-corrected chi connectivity index (χ1v) is 5.33. The van der Waals surface area contributed by atoms with Gasteiger partial charge in [0.05, 0.1) is 12.6 Å². The number of rotatable bonds is 6.